The molecule has 1 heterocycles. The van der Waals surface area contributed by atoms with Crippen molar-refractivity contribution < 1.29 is 4.74 Å². The second-order valence-corrected chi connectivity index (χ2v) is 5.08. The summed E-state index contributed by atoms with van der Waals surface area (Å²) in [6.07, 6.45) is 2.75. The first-order valence-electron chi connectivity index (χ1n) is 6.86. The summed E-state index contributed by atoms with van der Waals surface area (Å²) < 4.78 is 5.92. The molecule has 1 aromatic carbocycles. The van der Waals surface area contributed by atoms with Crippen LogP contribution in [0.15, 0.2) is 24.3 Å². The van der Waals surface area contributed by atoms with Gasteiger partial charge in [-0.2, -0.15) is 0 Å². The van der Waals surface area contributed by atoms with Crippen LogP contribution < -0.4 is 10.2 Å². The van der Waals surface area contributed by atoms with Crippen molar-refractivity contribution in [2.45, 2.75) is 25.9 Å². The number of hydrogen-bond donors (Lipinski definition) is 1. The first kappa shape index (κ1) is 13.4. The molecule has 3 heteroatoms. The van der Waals surface area contributed by atoms with Crippen LogP contribution in [0.4, 0.5) is 5.69 Å². The molecule has 0 aliphatic carbocycles. The minimum absolute atomic E-state index is 0.456. The first-order valence-corrected chi connectivity index (χ1v) is 6.86. The third-order valence-electron chi connectivity index (χ3n) is 3.54. The van der Waals surface area contributed by atoms with Crippen LogP contribution in [0.3, 0.4) is 0 Å². The summed E-state index contributed by atoms with van der Waals surface area (Å²) in [5, 5.41) is 3.35. The van der Waals surface area contributed by atoms with Crippen molar-refractivity contribution >= 4 is 5.69 Å². The van der Waals surface area contributed by atoms with Crippen molar-refractivity contribution in [3.8, 4) is 0 Å². The van der Waals surface area contributed by atoms with E-state index in [1.54, 1.807) is 0 Å². The van der Waals surface area contributed by atoms with Crippen molar-refractivity contribution in [1.82, 2.24) is 5.32 Å². The highest BCUT2D eigenvalue weighted by Gasteiger charge is 2.13. The highest BCUT2D eigenvalue weighted by atomic mass is 16.5. The van der Waals surface area contributed by atoms with Gasteiger partial charge in [-0.25, -0.2) is 0 Å². The fraction of sp³-hybridized carbons (Fsp3) is 0.600. The molecule has 2 rings (SSSR count). The molecule has 1 aromatic rings. The standard InChI is InChI=1S/C15H24N2O/c1-13-3-5-14(6-4-13)17(2)11-12-18-15-7-9-16-10-8-15/h3-6,15-16H,7-12H2,1-2H3. The van der Waals surface area contributed by atoms with Crippen molar-refractivity contribution in [3.05, 3.63) is 29.8 Å². The van der Waals surface area contributed by atoms with Gasteiger partial charge in [-0.3, -0.25) is 0 Å². The molecule has 100 valence electrons. The van der Waals surface area contributed by atoms with Gasteiger partial charge in [0.25, 0.3) is 0 Å². The maximum absolute atomic E-state index is 5.92. The first-order chi connectivity index (χ1) is 8.75. The van der Waals surface area contributed by atoms with E-state index in [1.165, 1.54) is 11.3 Å². The Balaban J connectivity index is 1.70. The van der Waals surface area contributed by atoms with E-state index in [1.807, 2.05) is 0 Å². The molecule has 1 saturated heterocycles. The number of aryl methyl sites for hydroxylation is 1. The number of piperidine rings is 1. The molecule has 1 aliphatic rings. The van der Waals surface area contributed by atoms with Gasteiger partial charge in [-0.1, -0.05) is 17.7 Å². The Labute approximate surface area is 110 Å². The zero-order valence-corrected chi connectivity index (χ0v) is 11.5. The number of anilines is 1. The minimum Gasteiger partial charge on any atom is -0.376 e. The van der Waals surface area contributed by atoms with Crippen LogP contribution in [0.2, 0.25) is 0 Å². The summed E-state index contributed by atoms with van der Waals surface area (Å²) in [5.41, 5.74) is 2.56. The Morgan fingerprint density at radius 3 is 2.56 bits per heavy atom. The number of hydrogen-bond acceptors (Lipinski definition) is 3. The summed E-state index contributed by atoms with van der Waals surface area (Å²) >= 11 is 0. The molecule has 0 spiro atoms. The summed E-state index contributed by atoms with van der Waals surface area (Å²) in [6.45, 7) is 6.07. The number of nitrogens with one attached hydrogen (secondary N) is 1. The molecule has 0 amide bonds. The summed E-state index contributed by atoms with van der Waals surface area (Å²) in [5.74, 6) is 0. The Hall–Kier alpha value is -1.06. The molecule has 0 atom stereocenters. The Kier molecular flexibility index (Phi) is 5.02. The summed E-state index contributed by atoms with van der Waals surface area (Å²) in [7, 11) is 2.12. The molecule has 0 saturated carbocycles. The maximum Gasteiger partial charge on any atom is 0.0645 e. The summed E-state index contributed by atoms with van der Waals surface area (Å²) in [6, 6.07) is 8.64. The SMILES string of the molecule is Cc1ccc(N(C)CCOC2CCNCC2)cc1. The molecular formula is C15H24N2O. The number of nitrogens with zero attached hydrogens (tertiary/aromatic N) is 1. The lowest BCUT2D eigenvalue weighted by Gasteiger charge is -2.25. The van der Waals surface area contributed by atoms with Gasteiger partial charge < -0.3 is 15.0 Å². The fourth-order valence-electron chi connectivity index (χ4n) is 2.25. The van der Waals surface area contributed by atoms with Gasteiger partial charge in [0.15, 0.2) is 0 Å². The molecule has 0 radical (unpaired) electrons. The van der Waals surface area contributed by atoms with E-state index in [0.717, 1.165) is 39.1 Å². The van der Waals surface area contributed by atoms with Gasteiger partial charge >= 0.3 is 0 Å². The van der Waals surface area contributed by atoms with E-state index < -0.39 is 0 Å². The maximum atomic E-state index is 5.92. The van der Waals surface area contributed by atoms with E-state index in [-0.39, 0.29) is 0 Å². The molecule has 1 aliphatic heterocycles. The van der Waals surface area contributed by atoms with Crippen LogP contribution in [0.25, 0.3) is 0 Å². The second-order valence-electron chi connectivity index (χ2n) is 5.08. The van der Waals surface area contributed by atoms with Crippen LogP contribution in [0.5, 0.6) is 0 Å². The average molecular weight is 248 g/mol. The van der Waals surface area contributed by atoms with E-state index in [9.17, 15) is 0 Å². The van der Waals surface area contributed by atoms with Crippen molar-refractivity contribution in [1.29, 1.82) is 0 Å². The molecule has 0 aromatic heterocycles. The van der Waals surface area contributed by atoms with E-state index in [2.05, 4.69) is 48.5 Å². The molecular weight excluding hydrogens is 224 g/mol. The van der Waals surface area contributed by atoms with E-state index >= 15 is 0 Å². The predicted octanol–water partition coefficient (Wildman–Crippen LogP) is 2.20. The second kappa shape index (κ2) is 6.76. The van der Waals surface area contributed by atoms with Gasteiger partial charge in [-0.15, -0.1) is 0 Å². The van der Waals surface area contributed by atoms with Crippen LogP contribution >= 0.6 is 0 Å². The number of benzene rings is 1. The predicted molar refractivity (Wildman–Crippen MR) is 76.3 cm³/mol. The van der Waals surface area contributed by atoms with Crippen LogP contribution in [0, 0.1) is 6.92 Å². The number of likely N-dealkylation sites (N-methyl/N-ethyl adjacent to an activating group) is 1. The van der Waals surface area contributed by atoms with E-state index in [0.29, 0.717) is 6.10 Å². The Bertz CT molecular complexity index is 344. The van der Waals surface area contributed by atoms with Gasteiger partial charge in [0.1, 0.15) is 0 Å². The third kappa shape index (κ3) is 4.00. The smallest absolute Gasteiger partial charge is 0.0645 e. The van der Waals surface area contributed by atoms with Crippen molar-refractivity contribution in [2.75, 3.05) is 38.2 Å². The highest BCUT2D eigenvalue weighted by Crippen LogP contribution is 2.13. The summed E-state index contributed by atoms with van der Waals surface area (Å²) in [4.78, 5) is 2.25. The van der Waals surface area contributed by atoms with Gasteiger partial charge in [0.2, 0.25) is 0 Å². The molecule has 18 heavy (non-hydrogen) atoms. The topological polar surface area (TPSA) is 24.5 Å². The Morgan fingerprint density at radius 1 is 1.22 bits per heavy atom. The number of ether oxygens (including phenoxy) is 1. The van der Waals surface area contributed by atoms with Gasteiger partial charge in [0.05, 0.1) is 12.7 Å². The zero-order valence-electron chi connectivity index (χ0n) is 11.5. The molecule has 0 unspecified atom stereocenters. The van der Waals surface area contributed by atoms with Gasteiger partial charge in [-0.05, 0) is 45.0 Å². The zero-order chi connectivity index (χ0) is 12.8. The van der Waals surface area contributed by atoms with Crippen LogP contribution in [-0.2, 0) is 4.74 Å². The van der Waals surface area contributed by atoms with Crippen molar-refractivity contribution in [3.63, 3.8) is 0 Å². The van der Waals surface area contributed by atoms with E-state index in [4.69, 9.17) is 4.74 Å². The lowest BCUT2D eigenvalue weighted by Crippen LogP contribution is -2.34. The number of rotatable bonds is 5. The highest BCUT2D eigenvalue weighted by molar-refractivity contribution is 5.46. The van der Waals surface area contributed by atoms with Crippen LogP contribution in [-0.4, -0.2) is 39.4 Å². The third-order valence-corrected chi connectivity index (χ3v) is 3.54. The molecule has 1 N–H and O–H groups in total. The fourth-order valence-corrected chi connectivity index (χ4v) is 2.25. The van der Waals surface area contributed by atoms with Crippen molar-refractivity contribution in [2.24, 2.45) is 0 Å². The average Bonchev–Trinajstić information content (AvgIpc) is 2.40. The monoisotopic (exact) mass is 248 g/mol. The van der Waals surface area contributed by atoms with Gasteiger partial charge in [0, 0.05) is 19.3 Å². The minimum atomic E-state index is 0.456. The lowest BCUT2D eigenvalue weighted by molar-refractivity contribution is 0.0376. The quantitative estimate of drug-likeness (QED) is 0.864. The molecule has 0 bridgehead atoms. The lowest BCUT2D eigenvalue weighted by atomic mass is 10.1. The molecule has 1 fully saturated rings. The normalized spacial score (nSPS) is 16.8. The largest absolute Gasteiger partial charge is 0.376 e. The van der Waals surface area contributed by atoms with Crippen LogP contribution in [0.1, 0.15) is 18.4 Å². The Morgan fingerprint density at radius 2 is 1.89 bits per heavy atom. The molecule has 3 nitrogen and oxygen atoms in total.